The molecule has 0 saturated carbocycles. The molecule has 4 nitrogen and oxygen atoms in total. The molecule has 0 heterocycles. The zero-order valence-electron chi connectivity index (χ0n) is 8.98. The smallest absolute Gasteiger partial charge is 0.372 e. The van der Waals surface area contributed by atoms with Crippen LogP contribution in [0.25, 0.3) is 0 Å². The van der Waals surface area contributed by atoms with Crippen LogP contribution in [0.5, 0.6) is 0 Å². The maximum atomic E-state index is 12.5. The van der Waals surface area contributed by atoms with E-state index < -0.39 is 42.3 Å². The largest absolute Gasteiger partial charge is 0.463 e. The second-order valence-electron chi connectivity index (χ2n) is 3.11. The lowest BCUT2D eigenvalue weighted by molar-refractivity contribution is -0.269. The summed E-state index contributed by atoms with van der Waals surface area (Å²) in [4.78, 5) is 21.6. The first-order valence-corrected chi connectivity index (χ1v) is 4.95. The molecule has 18 heavy (non-hydrogen) atoms. The van der Waals surface area contributed by atoms with Crippen LogP contribution in [0.4, 0.5) is 22.0 Å². The van der Waals surface area contributed by atoms with Crippen LogP contribution < -0.4 is 5.32 Å². The van der Waals surface area contributed by atoms with Gasteiger partial charge in [-0.15, -0.1) is 11.6 Å². The van der Waals surface area contributed by atoms with Gasteiger partial charge in [0.2, 0.25) is 0 Å². The zero-order chi connectivity index (χ0) is 14.6. The molecule has 0 aliphatic rings. The van der Waals surface area contributed by atoms with Gasteiger partial charge in [0.05, 0.1) is 12.4 Å². The lowest BCUT2D eigenvalue weighted by Crippen LogP contribution is -2.52. The van der Waals surface area contributed by atoms with Gasteiger partial charge in [0.15, 0.2) is 5.78 Å². The van der Waals surface area contributed by atoms with Gasteiger partial charge in [0, 0.05) is 7.11 Å². The number of hydrogen-bond acceptors (Lipinski definition) is 3. The highest BCUT2D eigenvalue weighted by Crippen LogP contribution is 2.35. The van der Waals surface area contributed by atoms with Crippen LogP contribution in [0.1, 0.15) is 0 Å². The van der Waals surface area contributed by atoms with Crippen LogP contribution in [-0.2, 0) is 14.3 Å². The number of nitrogens with one attached hydrogen (secondary N) is 1. The standard InChI is InChI=1S/C8H9ClF5NO3/c1-18-5(4(16)2-9)3-15-6(17)7(10,11)8(12,13)14/h5H,2-3H2,1H3,(H,15,17). The molecule has 1 N–H and O–H groups in total. The molecular formula is C8H9ClF5NO3. The Morgan fingerprint density at radius 3 is 2.11 bits per heavy atom. The molecule has 0 saturated heterocycles. The molecule has 0 aromatic carbocycles. The van der Waals surface area contributed by atoms with Crippen LogP contribution in [0.2, 0.25) is 0 Å². The third-order valence-electron chi connectivity index (χ3n) is 1.86. The molecule has 0 aliphatic heterocycles. The summed E-state index contributed by atoms with van der Waals surface area (Å²) < 4.78 is 64.8. The molecule has 0 bridgehead atoms. The van der Waals surface area contributed by atoms with Crippen LogP contribution in [0, 0.1) is 0 Å². The fraction of sp³-hybridized carbons (Fsp3) is 0.750. The van der Waals surface area contributed by atoms with E-state index in [0.29, 0.717) is 0 Å². The average Bonchev–Trinajstić information content (AvgIpc) is 2.27. The van der Waals surface area contributed by atoms with Gasteiger partial charge >= 0.3 is 12.1 Å². The Kier molecular flexibility index (Phi) is 5.94. The summed E-state index contributed by atoms with van der Waals surface area (Å²) in [5.74, 6) is -9.37. The van der Waals surface area contributed by atoms with Crippen molar-refractivity contribution in [3.05, 3.63) is 0 Å². The number of amides is 1. The minimum absolute atomic E-state index is 0.524. The molecular weight excluding hydrogens is 289 g/mol. The normalized spacial score (nSPS) is 14.2. The van der Waals surface area contributed by atoms with E-state index in [-0.39, 0.29) is 0 Å². The van der Waals surface area contributed by atoms with Crippen LogP contribution in [0.15, 0.2) is 0 Å². The molecule has 0 radical (unpaired) electrons. The molecule has 0 aliphatic carbocycles. The van der Waals surface area contributed by atoms with Gasteiger partial charge in [-0.1, -0.05) is 0 Å². The highest BCUT2D eigenvalue weighted by Gasteiger charge is 2.63. The molecule has 106 valence electrons. The Bertz CT molecular complexity index is 320. The highest BCUT2D eigenvalue weighted by atomic mass is 35.5. The molecule has 0 aromatic heterocycles. The number of carbonyl (C=O) groups excluding carboxylic acids is 2. The lowest BCUT2D eigenvalue weighted by Gasteiger charge is -2.20. The van der Waals surface area contributed by atoms with Gasteiger partial charge < -0.3 is 10.1 Å². The quantitative estimate of drug-likeness (QED) is 0.590. The minimum Gasteiger partial charge on any atom is -0.372 e. The van der Waals surface area contributed by atoms with E-state index in [0.717, 1.165) is 7.11 Å². The molecule has 0 rings (SSSR count). The van der Waals surface area contributed by atoms with E-state index in [9.17, 15) is 31.5 Å². The summed E-state index contributed by atoms with van der Waals surface area (Å²) in [5.41, 5.74) is 0. The number of Topliss-reactive ketones (excluding diaryl/α,β-unsaturated/α-hetero) is 1. The number of ketones is 1. The third kappa shape index (κ3) is 4.05. The molecule has 10 heteroatoms. The average molecular weight is 298 g/mol. The van der Waals surface area contributed by atoms with Crippen molar-refractivity contribution in [3.63, 3.8) is 0 Å². The van der Waals surface area contributed by atoms with Crippen molar-refractivity contribution in [2.45, 2.75) is 18.2 Å². The van der Waals surface area contributed by atoms with Crippen molar-refractivity contribution >= 4 is 23.3 Å². The Morgan fingerprint density at radius 2 is 1.78 bits per heavy atom. The summed E-state index contributed by atoms with van der Waals surface area (Å²) >= 11 is 5.13. The van der Waals surface area contributed by atoms with E-state index in [1.54, 1.807) is 0 Å². The first kappa shape index (κ1) is 17.0. The predicted molar refractivity (Wildman–Crippen MR) is 50.5 cm³/mol. The summed E-state index contributed by atoms with van der Waals surface area (Å²) in [6.07, 6.45) is -7.38. The number of halogens is 6. The maximum Gasteiger partial charge on any atom is 0.463 e. The van der Waals surface area contributed by atoms with Crippen molar-refractivity contribution in [1.82, 2.24) is 5.32 Å². The summed E-state index contributed by atoms with van der Waals surface area (Å²) in [6, 6.07) is 0. The minimum atomic E-state index is -6.00. The van der Waals surface area contributed by atoms with Gasteiger partial charge in [-0.2, -0.15) is 22.0 Å². The Balaban J connectivity index is 4.55. The summed E-state index contributed by atoms with van der Waals surface area (Å²) in [7, 11) is 1.02. The second kappa shape index (κ2) is 6.28. The lowest BCUT2D eigenvalue weighted by atomic mass is 10.2. The number of ether oxygens (including phenoxy) is 1. The molecule has 0 spiro atoms. The topological polar surface area (TPSA) is 55.4 Å². The Morgan fingerprint density at radius 1 is 1.28 bits per heavy atom. The first-order chi connectivity index (χ1) is 8.07. The Labute approximate surface area is 103 Å². The van der Waals surface area contributed by atoms with Gasteiger partial charge in [0.25, 0.3) is 5.91 Å². The van der Waals surface area contributed by atoms with Crippen LogP contribution in [-0.4, -0.2) is 49.4 Å². The molecule has 0 aromatic rings. The van der Waals surface area contributed by atoms with E-state index in [2.05, 4.69) is 4.74 Å². The zero-order valence-corrected chi connectivity index (χ0v) is 9.74. The van der Waals surface area contributed by atoms with Crippen molar-refractivity contribution in [2.24, 2.45) is 0 Å². The molecule has 1 atom stereocenters. The molecule has 0 fully saturated rings. The molecule has 1 amide bonds. The van der Waals surface area contributed by atoms with Gasteiger partial charge in [-0.25, -0.2) is 0 Å². The number of hydrogen-bond donors (Lipinski definition) is 1. The van der Waals surface area contributed by atoms with E-state index in [1.807, 2.05) is 0 Å². The number of rotatable bonds is 6. The van der Waals surface area contributed by atoms with Crippen molar-refractivity contribution in [3.8, 4) is 0 Å². The van der Waals surface area contributed by atoms with Crippen molar-refractivity contribution < 1.29 is 36.3 Å². The van der Waals surface area contributed by atoms with Gasteiger partial charge in [-0.05, 0) is 0 Å². The van der Waals surface area contributed by atoms with Crippen molar-refractivity contribution in [1.29, 1.82) is 0 Å². The summed E-state index contributed by atoms with van der Waals surface area (Å²) in [5, 5.41) is 1.28. The number of alkyl halides is 6. The summed E-state index contributed by atoms with van der Waals surface area (Å²) in [6.45, 7) is -0.827. The predicted octanol–water partition coefficient (Wildman–Crippen LogP) is 1.12. The second-order valence-corrected chi connectivity index (χ2v) is 3.37. The van der Waals surface area contributed by atoms with E-state index >= 15 is 0 Å². The van der Waals surface area contributed by atoms with Crippen LogP contribution >= 0.6 is 11.6 Å². The van der Waals surface area contributed by atoms with Gasteiger partial charge in [-0.3, -0.25) is 9.59 Å². The third-order valence-corrected chi connectivity index (χ3v) is 2.13. The Hall–Kier alpha value is -0.960. The number of methoxy groups -OCH3 is 1. The SMILES string of the molecule is COC(CNC(=O)C(F)(F)C(F)(F)F)C(=O)CCl. The van der Waals surface area contributed by atoms with E-state index in [4.69, 9.17) is 11.6 Å². The van der Waals surface area contributed by atoms with Crippen LogP contribution in [0.3, 0.4) is 0 Å². The van der Waals surface area contributed by atoms with E-state index in [1.165, 1.54) is 5.32 Å². The fourth-order valence-corrected chi connectivity index (χ4v) is 1.01. The first-order valence-electron chi connectivity index (χ1n) is 4.42. The van der Waals surface area contributed by atoms with Crippen molar-refractivity contribution in [2.75, 3.05) is 19.5 Å². The number of carbonyl (C=O) groups is 2. The monoisotopic (exact) mass is 297 g/mol. The molecule has 1 unspecified atom stereocenters. The highest BCUT2D eigenvalue weighted by molar-refractivity contribution is 6.28. The fourth-order valence-electron chi connectivity index (χ4n) is 0.840. The maximum absolute atomic E-state index is 12.5. The van der Waals surface area contributed by atoms with Gasteiger partial charge in [0.1, 0.15) is 6.10 Å².